The topological polar surface area (TPSA) is 32.5 Å². The molecule has 0 aliphatic carbocycles. The Bertz CT molecular complexity index is 366. The quantitative estimate of drug-likeness (QED) is 0.897. The molecule has 0 spiro atoms. The predicted molar refractivity (Wildman–Crippen MR) is 81.0 cm³/mol. The van der Waals surface area contributed by atoms with Crippen LogP contribution in [0.25, 0.3) is 0 Å². The second-order valence-electron chi connectivity index (χ2n) is 5.97. The van der Waals surface area contributed by atoms with Gasteiger partial charge >= 0.3 is 0 Å². The minimum absolute atomic E-state index is 0.583. The van der Waals surface area contributed by atoms with Gasteiger partial charge in [0.1, 0.15) is 0 Å². The van der Waals surface area contributed by atoms with Gasteiger partial charge in [-0.3, -0.25) is 4.90 Å². The van der Waals surface area contributed by atoms with Crippen LogP contribution in [0.5, 0.6) is 0 Å². The summed E-state index contributed by atoms with van der Waals surface area (Å²) in [6.07, 6.45) is 1.09. The number of nitrogens with zero attached hydrogens (tertiary/aromatic N) is 2. The Balaban J connectivity index is 2.08. The number of nitrogens with two attached hydrogens (primary N) is 1. The molecule has 1 aliphatic heterocycles. The molecule has 2 rings (SSSR count). The Labute approximate surface area is 117 Å². The third kappa shape index (κ3) is 4.30. The van der Waals surface area contributed by atoms with E-state index in [9.17, 15) is 0 Å². The number of benzene rings is 1. The van der Waals surface area contributed by atoms with Crippen LogP contribution in [0, 0.1) is 5.92 Å². The van der Waals surface area contributed by atoms with Gasteiger partial charge in [-0.15, -0.1) is 0 Å². The summed E-state index contributed by atoms with van der Waals surface area (Å²) in [5, 5.41) is 0. The second kappa shape index (κ2) is 7.04. The van der Waals surface area contributed by atoms with E-state index in [1.807, 2.05) is 0 Å². The van der Waals surface area contributed by atoms with Crippen LogP contribution in [-0.2, 0) is 6.54 Å². The lowest BCUT2D eigenvalue weighted by molar-refractivity contribution is 0.167. The first-order valence-corrected chi connectivity index (χ1v) is 7.35. The van der Waals surface area contributed by atoms with Gasteiger partial charge in [-0.25, -0.2) is 0 Å². The Kier molecular flexibility index (Phi) is 5.37. The molecule has 0 bridgehead atoms. The molecule has 2 N–H and O–H groups in total. The molecule has 106 valence electrons. The fourth-order valence-electron chi connectivity index (χ4n) is 3.17. The van der Waals surface area contributed by atoms with Gasteiger partial charge in [0.15, 0.2) is 0 Å². The molecule has 2 atom stereocenters. The normalized spacial score (nSPS) is 26.3. The standard InChI is InChI=1S/C16H27N3/c1-14-10-18(2)13-16(8-9-17)19(11-14)12-15-6-4-3-5-7-15/h3-7,14,16H,8-13,17H2,1-2H3. The molecule has 1 aliphatic rings. The van der Waals surface area contributed by atoms with Gasteiger partial charge in [0.2, 0.25) is 0 Å². The van der Waals surface area contributed by atoms with Crippen molar-refractivity contribution in [2.75, 3.05) is 33.2 Å². The molecule has 0 saturated carbocycles. The summed E-state index contributed by atoms with van der Waals surface area (Å²) < 4.78 is 0. The third-order valence-corrected chi connectivity index (χ3v) is 3.94. The molecule has 3 heteroatoms. The van der Waals surface area contributed by atoms with Crippen LogP contribution < -0.4 is 5.73 Å². The highest BCUT2D eigenvalue weighted by Gasteiger charge is 2.25. The van der Waals surface area contributed by atoms with Gasteiger partial charge in [-0.1, -0.05) is 37.3 Å². The Morgan fingerprint density at radius 2 is 1.89 bits per heavy atom. The van der Waals surface area contributed by atoms with Gasteiger partial charge in [0.25, 0.3) is 0 Å². The van der Waals surface area contributed by atoms with Gasteiger partial charge in [0.05, 0.1) is 0 Å². The van der Waals surface area contributed by atoms with Crippen molar-refractivity contribution < 1.29 is 0 Å². The van der Waals surface area contributed by atoms with Crippen molar-refractivity contribution in [1.82, 2.24) is 9.80 Å². The Morgan fingerprint density at radius 1 is 1.16 bits per heavy atom. The van der Waals surface area contributed by atoms with Crippen molar-refractivity contribution in [1.29, 1.82) is 0 Å². The van der Waals surface area contributed by atoms with Crippen LogP contribution in [0.2, 0.25) is 0 Å². The van der Waals surface area contributed by atoms with Crippen LogP contribution in [0.3, 0.4) is 0 Å². The first-order valence-electron chi connectivity index (χ1n) is 7.35. The molecule has 0 amide bonds. The van der Waals surface area contributed by atoms with Gasteiger partial charge in [-0.2, -0.15) is 0 Å². The van der Waals surface area contributed by atoms with Crippen LogP contribution in [0.15, 0.2) is 30.3 Å². The van der Waals surface area contributed by atoms with E-state index >= 15 is 0 Å². The van der Waals surface area contributed by atoms with Crippen molar-refractivity contribution in [2.45, 2.75) is 25.9 Å². The average Bonchev–Trinajstić information content (AvgIpc) is 2.50. The molecule has 1 aromatic carbocycles. The van der Waals surface area contributed by atoms with Crippen LogP contribution in [-0.4, -0.2) is 49.1 Å². The minimum atomic E-state index is 0.583. The second-order valence-corrected chi connectivity index (χ2v) is 5.97. The zero-order chi connectivity index (χ0) is 13.7. The number of hydrogen-bond acceptors (Lipinski definition) is 3. The summed E-state index contributed by atoms with van der Waals surface area (Å²) >= 11 is 0. The van der Waals surface area contributed by atoms with Crippen molar-refractivity contribution in [3.63, 3.8) is 0 Å². The van der Waals surface area contributed by atoms with Crippen molar-refractivity contribution in [3.8, 4) is 0 Å². The van der Waals surface area contributed by atoms with E-state index in [1.165, 1.54) is 18.7 Å². The zero-order valence-corrected chi connectivity index (χ0v) is 12.3. The highest BCUT2D eigenvalue weighted by atomic mass is 15.2. The van der Waals surface area contributed by atoms with Crippen molar-refractivity contribution in [2.24, 2.45) is 11.7 Å². The number of hydrogen-bond donors (Lipinski definition) is 1. The van der Waals surface area contributed by atoms with Gasteiger partial charge in [-0.05, 0) is 31.5 Å². The summed E-state index contributed by atoms with van der Waals surface area (Å²) in [5.41, 5.74) is 7.20. The minimum Gasteiger partial charge on any atom is -0.330 e. The molecule has 1 heterocycles. The van der Waals surface area contributed by atoms with Gasteiger partial charge < -0.3 is 10.6 Å². The van der Waals surface area contributed by atoms with Crippen LogP contribution >= 0.6 is 0 Å². The first kappa shape index (κ1) is 14.5. The average molecular weight is 261 g/mol. The SMILES string of the molecule is CC1CN(C)CC(CCN)N(Cc2ccccc2)C1. The molecule has 19 heavy (non-hydrogen) atoms. The van der Waals surface area contributed by atoms with E-state index in [0.29, 0.717) is 6.04 Å². The summed E-state index contributed by atoms with van der Waals surface area (Å²) in [6, 6.07) is 11.4. The largest absolute Gasteiger partial charge is 0.330 e. The highest BCUT2D eigenvalue weighted by Crippen LogP contribution is 2.18. The molecular formula is C16H27N3. The summed E-state index contributed by atoms with van der Waals surface area (Å²) in [5.74, 6) is 0.719. The smallest absolute Gasteiger partial charge is 0.0238 e. The summed E-state index contributed by atoms with van der Waals surface area (Å²) in [7, 11) is 2.23. The Hall–Kier alpha value is -0.900. The summed E-state index contributed by atoms with van der Waals surface area (Å²) in [6.45, 7) is 7.66. The van der Waals surface area contributed by atoms with E-state index in [4.69, 9.17) is 5.73 Å². The monoisotopic (exact) mass is 261 g/mol. The van der Waals surface area contributed by atoms with Crippen molar-refractivity contribution >= 4 is 0 Å². The summed E-state index contributed by atoms with van der Waals surface area (Å²) in [4.78, 5) is 5.08. The maximum absolute atomic E-state index is 5.80. The maximum atomic E-state index is 5.80. The fraction of sp³-hybridized carbons (Fsp3) is 0.625. The first-order chi connectivity index (χ1) is 9.19. The molecule has 0 radical (unpaired) electrons. The van der Waals surface area contributed by atoms with E-state index in [0.717, 1.165) is 32.0 Å². The van der Waals surface area contributed by atoms with Crippen molar-refractivity contribution in [3.05, 3.63) is 35.9 Å². The molecule has 1 saturated heterocycles. The lowest BCUT2D eigenvalue weighted by Crippen LogP contribution is -2.41. The van der Waals surface area contributed by atoms with E-state index < -0.39 is 0 Å². The number of rotatable bonds is 4. The molecule has 0 aromatic heterocycles. The Morgan fingerprint density at radius 3 is 2.58 bits per heavy atom. The molecule has 1 fully saturated rings. The molecule has 3 nitrogen and oxygen atoms in total. The maximum Gasteiger partial charge on any atom is 0.0238 e. The zero-order valence-electron chi connectivity index (χ0n) is 12.3. The lowest BCUT2D eigenvalue weighted by Gasteiger charge is -2.31. The van der Waals surface area contributed by atoms with E-state index in [1.54, 1.807) is 0 Å². The predicted octanol–water partition coefficient (Wildman–Crippen LogP) is 1.79. The highest BCUT2D eigenvalue weighted by molar-refractivity contribution is 5.14. The fourth-order valence-corrected chi connectivity index (χ4v) is 3.17. The third-order valence-electron chi connectivity index (χ3n) is 3.94. The lowest BCUT2D eigenvalue weighted by atomic mass is 10.1. The van der Waals surface area contributed by atoms with E-state index in [2.05, 4.69) is 54.1 Å². The molecular weight excluding hydrogens is 234 g/mol. The van der Waals surface area contributed by atoms with Crippen LogP contribution in [0.4, 0.5) is 0 Å². The molecule has 1 aromatic rings. The number of likely N-dealkylation sites (N-methyl/N-ethyl adjacent to an activating group) is 1. The van der Waals surface area contributed by atoms with Gasteiger partial charge in [0, 0.05) is 32.2 Å². The molecule has 2 unspecified atom stereocenters. The van der Waals surface area contributed by atoms with Crippen LogP contribution in [0.1, 0.15) is 18.9 Å². The van der Waals surface area contributed by atoms with E-state index in [-0.39, 0.29) is 0 Å².